The SMILES string of the molecule is CC(=O)Oc1ccc(C=CC(=O)OCC2OC(Oc3c(-c4ccc(OC(C)=O)cc4)oc4cc(OC(C)=O)cc(OC(C)=O)c4c3=O)C(OC(C)=O)C(OC(C)=O)C2OC(C)=O)cc1. The number of carbonyl (C=O) groups is 8. The van der Waals surface area contributed by atoms with E-state index in [2.05, 4.69) is 0 Å². The Bertz CT molecular complexity index is 2550. The molecule has 0 radical (unpaired) electrons. The van der Waals surface area contributed by atoms with Gasteiger partial charge in [-0.15, -0.1) is 0 Å². The summed E-state index contributed by atoms with van der Waals surface area (Å²) in [7, 11) is 0. The first-order valence-corrected chi connectivity index (χ1v) is 19.1. The molecule has 20 nitrogen and oxygen atoms in total. The molecule has 0 aliphatic carbocycles. The lowest BCUT2D eigenvalue weighted by molar-refractivity contribution is -0.288. The number of hydrogen-bond donors (Lipinski definition) is 0. The zero-order chi connectivity index (χ0) is 46.8. The van der Waals surface area contributed by atoms with Crippen molar-refractivity contribution in [2.45, 2.75) is 79.2 Å². The fourth-order valence-corrected chi connectivity index (χ4v) is 6.23. The maximum Gasteiger partial charge on any atom is 0.330 e. The van der Waals surface area contributed by atoms with Crippen molar-refractivity contribution in [1.82, 2.24) is 0 Å². The normalized spacial score (nSPS) is 18.0. The summed E-state index contributed by atoms with van der Waals surface area (Å²) in [6.45, 7) is 6.90. The van der Waals surface area contributed by atoms with Gasteiger partial charge in [-0.2, -0.15) is 0 Å². The number of rotatable bonds is 14. The molecule has 1 fully saturated rings. The molecule has 3 aromatic carbocycles. The summed E-state index contributed by atoms with van der Waals surface area (Å²) in [6.07, 6.45) is -6.28. The van der Waals surface area contributed by atoms with E-state index in [4.69, 9.17) is 51.8 Å². The Morgan fingerprint density at radius 2 is 1.11 bits per heavy atom. The lowest BCUT2D eigenvalue weighted by Crippen LogP contribution is -2.63. The van der Waals surface area contributed by atoms with Gasteiger partial charge in [0.2, 0.25) is 23.6 Å². The first-order chi connectivity index (χ1) is 30.3. The van der Waals surface area contributed by atoms with Crippen LogP contribution in [-0.4, -0.2) is 85.1 Å². The van der Waals surface area contributed by atoms with Gasteiger partial charge in [0.25, 0.3) is 0 Å². The maximum atomic E-state index is 14.7. The lowest BCUT2D eigenvalue weighted by atomic mass is 9.98. The standard InChI is InChI=1S/C44H40O20/c1-21(45)55-30-13-8-28(9-14-30)10-17-36(52)54-20-35-40(59-25(5)49)42(60-26(6)50)43(61-27(7)51)44(63-35)64-41-38(53)37-33(58-24(4)48)18-32(57-23(3)47)19-34(37)62-39(41)29-11-15-31(16-12-29)56-22(2)46/h8-19,35,40,42-44H,20H2,1-7H3. The van der Waals surface area contributed by atoms with Crippen LogP contribution < -0.4 is 29.1 Å². The van der Waals surface area contributed by atoms with Crippen molar-refractivity contribution >= 4 is 64.8 Å². The molecule has 1 aliphatic heterocycles. The van der Waals surface area contributed by atoms with Crippen molar-refractivity contribution in [2.75, 3.05) is 6.61 Å². The maximum absolute atomic E-state index is 14.7. The summed E-state index contributed by atoms with van der Waals surface area (Å²) in [5.41, 5.74) is -0.698. The fraction of sp³-hybridized carbons (Fsp3) is 0.295. The molecule has 64 heavy (non-hydrogen) atoms. The van der Waals surface area contributed by atoms with Gasteiger partial charge in [-0.1, -0.05) is 12.1 Å². The first-order valence-electron chi connectivity index (χ1n) is 19.1. The van der Waals surface area contributed by atoms with Crippen molar-refractivity contribution in [1.29, 1.82) is 0 Å². The summed E-state index contributed by atoms with van der Waals surface area (Å²) in [6, 6.07) is 13.8. The van der Waals surface area contributed by atoms with Crippen LogP contribution in [0, 0.1) is 0 Å². The minimum Gasteiger partial charge on any atom is -0.460 e. The number of fused-ring (bicyclic) bond motifs is 1. The summed E-state index contributed by atoms with van der Waals surface area (Å²) in [5.74, 6) is -7.85. The van der Waals surface area contributed by atoms with Crippen LogP contribution in [0.25, 0.3) is 28.4 Å². The van der Waals surface area contributed by atoms with Crippen LogP contribution in [0.4, 0.5) is 0 Å². The highest BCUT2D eigenvalue weighted by Gasteiger charge is 2.54. The molecule has 0 spiro atoms. The van der Waals surface area contributed by atoms with Crippen LogP contribution in [0.2, 0.25) is 0 Å². The van der Waals surface area contributed by atoms with Crippen LogP contribution in [0.5, 0.6) is 28.7 Å². The molecule has 1 saturated heterocycles. The van der Waals surface area contributed by atoms with Gasteiger partial charge in [0.1, 0.15) is 46.7 Å². The fourth-order valence-electron chi connectivity index (χ4n) is 6.23. The van der Waals surface area contributed by atoms with E-state index in [-0.39, 0.29) is 34.2 Å². The van der Waals surface area contributed by atoms with E-state index in [1.165, 1.54) is 62.4 Å². The minimum absolute atomic E-state index is 0.101. The van der Waals surface area contributed by atoms with Gasteiger partial charge in [0.15, 0.2) is 18.0 Å². The van der Waals surface area contributed by atoms with E-state index >= 15 is 0 Å². The van der Waals surface area contributed by atoms with Crippen molar-refractivity contribution < 1.29 is 90.1 Å². The Kier molecular flexibility index (Phi) is 15.3. The molecule has 5 unspecified atom stereocenters. The Balaban J connectivity index is 1.63. The molecule has 5 atom stereocenters. The average molecular weight is 889 g/mol. The number of hydrogen-bond acceptors (Lipinski definition) is 20. The Morgan fingerprint density at radius 1 is 0.594 bits per heavy atom. The van der Waals surface area contributed by atoms with E-state index < -0.39 is 107 Å². The van der Waals surface area contributed by atoms with Crippen molar-refractivity contribution in [3.8, 4) is 40.1 Å². The molecule has 0 saturated carbocycles. The Hall–Kier alpha value is -7.87. The van der Waals surface area contributed by atoms with Crippen molar-refractivity contribution in [3.05, 3.63) is 82.5 Å². The zero-order valence-electron chi connectivity index (χ0n) is 35.2. The summed E-state index contributed by atoms with van der Waals surface area (Å²) in [5, 5.41) is -0.408. The van der Waals surface area contributed by atoms with Gasteiger partial charge >= 0.3 is 47.8 Å². The van der Waals surface area contributed by atoms with E-state index in [1.807, 2.05) is 0 Å². The predicted octanol–water partition coefficient (Wildman–Crippen LogP) is 4.32. The number of ether oxygens (including phenoxy) is 10. The van der Waals surface area contributed by atoms with Crippen LogP contribution >= 0.6 is 0 Å². The highest BCUT2D eigenvalue weighted by Crippen LogP contribution is 2.39. The molecule has 0 N–H and O–H groups in total. The molecule has 336 valence electrons. The lowest BCUT2D eigenvalue weighted by Gasteiger charge is -2.43. The molecule has 5 rings (SSSR count). The van der Waals surface area contributed by atoms with E-state index in [0.29, 0.717) is 5.56 Å². The third-order valence-corrected chi connectivity index (χ3v) is 8.46. The quantitative estimate of drug-likeness (QED) is 0.0739. The predicted molar refractivity (Wildman–Crippen MR) is 216 cm³/mol. The molecular weight excluding hydrogens is 848 g/mol. The minimum atomic E-state index is -1.97. The van der Waals surface area contributed by atoms with Crippen molar-refractivity contribution in [3.63, 3.8) is 0 Å². The summed E-state index contributed by atoms with van der Waals surface area (Å²) < 4.78 is 61.3. The van der Waals surface area contributed by atoms with Crippen LogP contribution in [0.1, 0.15) is 54.0 Å². The van der Waals surface area contributed by atoms with Crippen LogP contribution in [0.3, 0.4) is 0 Å². The van der Waals surface area contributed by atoms with Gasteiger partial charge in [0.05, 0.1) is 0 Å². The Morgan fingerprint density at radius 3 is 1.66 bits per heavy atom. The molecule has 1 aliphatic rings. The zero-order valence-corrected chi connectivity index (χ0v) is 35.2. The van der Waals surface area contributed by atoms with E-state index in [9.17, 15) is 43.2 Å². The first kappa shape index (κ1) is 47.2. The van der Waals surface area contributed by atoms with Gasteiger partial charge in [-0.05, 0) is 48.0 Å². The molecule has 0 bridgehead atoms. The molecule has 2 heterocycles. The highest BCUT2D eigenvalue weighted by atomic mass is 16.7. The molecular formula is C44H40O20. The molecule has 4 aromatic rings. The van der Waals surface area contributed by atoms with Crippen molar-refractivity contribution in [2.24, 2.45) is 0 Å². The summed E-state index contributed by atoms with van der Waals surface area (Å²) in [4.78, 5) is 112. The number of benzene rings is 3. The van der Waals surface area contributed by atoms with Crippen LogP contribution in [0.15, 0.2) is 76.0 Å². The van der Waals surface area contributed by atoms with Gasteiger partial charge in [0, 0.05) is 72.2 Å². The van der Waals surface area contributed by atoms with Gasteiger partial charge in [-0.25, -0.2) is 4.79 Å². The largest absolute Gasteiger partial charge is 0.460 e. The second-order valence-electron chi connectivity index (χ2n) is 13.7. The topological polar surface area (TPSA) is 259 Å². The van der Waals surface area contributed by atoms with Gasteiger partial charge in [-0.3, -0.25) is 38.4 Å². The van der Waals surface area contributed by atoms with Gasteiger partial charge < -0.3 is 51.8 Å². The third-order valence-electron chi connectivity index (χ3n) is 8.46. The second kappa shape index (κ2) is 20.8. The number of carbonyl (C=O) groups excluding carboxylic acids is 8. The average Bonchev–Trinajstić information content (AvgIpc) is 3.18. The van der Waals surface area contributed by atoms with Crippen LogP contribution in [-0.2, 0) is 62.0 Å². The monoisotopic (exact) mass is 888 g/mol. The smallest absolute Gasteiger partial charge is 0.330 e. The number of esters is 8. The highest BCUT2D eigenvalue weighted by molar-refractivity contribution is 5.91. The molecule has 0 amide bonds. The molecule has 20 heteroatoms. The third kappa shape index (κ3) is 12.6. The van der Waals surface area contributed by atoms with E-state index in [1.54, 1.807) is 12.1 Å². The summed E-state index contributed by atoms with van der Waals surface area (Å²) >= 11 is 0. The second-order valence-corrected chi connectivity index (χ2v) is 13.7. The molecule has 1 aromatic heterocycles. The Labute approximate surface area is 362 Å². The van der Waals surface area contributed by atoms with E-state index in [0.717, 1.165) is 46.8 Å².